The Balaban J connectivity index is 2.23. The molecule has 0 spiro atoms. The Labute approximate surface area is 203 Å². The fourth-order valence-corrected chi connectivity index (χ4v) is 3.77. The zero-order chi connectivity index (χ0) is 24.4. The number of carbonyl (C=O) groups excluding carboxylic acids is 2. The highest BCUT2D eigenvalue weighted by molar-refractivity contribution is 6.30. The van der Waals surface area contributed by atoms with E-state index in [0.717, 1.165) is 24.0 Å². The second kappa shape index (κ2) is 12.6. The Morgan fingerprint density at radius 1 is 1.06 bits per heavy atom. The van der Waals surface area contributed by atoms with Gasteiger partial charge >= 0.3 is 0 Å². The highest BCUT2D eigenvalue weighted by atomic mass is 35.5. The summed E-state index contributed by atoms with van der Waals surface area (Å²) in [5.41, 5.74) is 1.82. The first-order valence-corrected chi connectivity index (χ1v) is 12.1. The third-order valence-corrected chi connectivity index (χ3v) is 5.78. The van der Waals surface area contributed by atoms with Gasteiger partial charge in [0.1, 0.15) is 11.8 Å². The monoisotopic (exact) mass is 472 g/mol. The summed E-state index contributed by atoms with van der Waals surface area (Å²) in [4.78, 5) is 27.9. The Kier molecular flexibility index (Phi) is 10.2. The van der Waals surface area contributed by atoms with Gasteiger partial charge in [0.2, 0.25) is 5.91 Å². The maximum Gasteiger partial charge on any atom is 0.261 e. The van der Waals surface area contributed by atoms with Gasteiger partial charge in [0, 0.05) is 18.1 Å². The Morgan fingerprint density at radius 2 is 1.73 bits per heavy atom. The standard InChI is InChI=1S/C27H37ClN2O3/c1-6-8-17-29-26(32)23(7-2)30(18-20-13-15-21(28)16-14-20)25(31)19-33-24-12-10-9-11-22(24)27(3,4)5/h9-16,23H,6-8,17-19H2,1-5H3,(H,29,32)/t23-/m0/s1. The second-order valence-corrected chi connectivity index (χ2v) is 9.69. The molecule has 0 aliphatic rings. The Hall–Kier alpha value is -2.53. The molecule has 0 saturated heterocycles. The van der Waals surface area contributed by atoms with E-state index in [2.05, 4.69) is 33.0 Å². The van der Waals surface area contributed by atoms with E-state index in [1.54, 1.807) is 17.0 Å². The highest BCUT2D eigenvalue weighted by Gasteiger charge is 2.29. The molecular weight excluding hydrogens is 436 g/mol. The number of hydrogen-bond donors (Lipinski definition) is 1. The van der Waals surface area contributed by atoms with E-state index >= 15 is 0 Å². The number of halogens is 1. The predicted molar refractivity (Wildman–Crippen MR) is 135 cm³/mol. The second-order valence-electron chi connectivity index (χ2n) is 9.25. The van der Waals surface area contributed by atoms with Crippen LogP contribution >= 0.6 is 11.6 Å². The van der Waals surface area contributed by atoms with E-state index in [4.69, 9.17) is 16.3 Å². The van der Waals surface area contributed by atoms with Gasteiger partial charge in [-0.25, -0.2) is 0 Å². The van der Waals surface area contributed by atoms with Crippen LogP contribution in [0.15, 0.2) is 48.5 Å². The molecular formula is C27H37ClN2O3. The molecule has 0 bridgehead atoms. The molecule has 0 aromatic heterocycles. The highest BCUT2D eigenvalue weighted by Crippen LogP contribution is 2.31. The van der Waals surface area contributed by atoms with Crippen LogP contribution in [0.25, 0.3) is 0 Å². The van der Waals surface area contributed by atoms with Gasteiger partial charge in [-0.15, -0.1) is 0 Å². The van der Waals surface area contributed by atoms with Crippen molar-refractivity contribution >= 4 is 23.4 Å². The van der Waals surface area contributed by atoms with E-state index in [1.807, 2.05) is 43.3 Å². The minimum atomic E-state index is -0.577. The lowest BCUT2D eigenvalue weighted by atomic mass is 9.86. The van der Waals surface area contributed by atoms with Crippen LogP contribution in [-0.2, 0) is 21.5 Å². The van der Waals surface area contributed by atoms with Crippen molar-refractivity contribution in [2.45, 2.75) is 71.9 Å². The summed E-state index contributed by atoms with van der Waals surface area (Å²) in [6.45, 7) is 11.1. The average molecular weight is 473 g/mol. The zero-order valence-corrected chi connectivity index (χ0v) is 21.2. The molecule has 2 rings (SSSR count). The summed E-state index contributed by atoms with van der Waals surface area (Å²) >= 11 is 6.03. The Morgan fingerprint density at radius 3 is 2.33 bits per heavy atom. The fraction of sp³-hybridized carbons (Fsp3) is 0.481. The number of amides is 2. The number of para-hydroxylation sites is 1. The number of rotatable bonds is 11. The van der Waals surface area contributed by atoms with Gasteiger partial charge in [-0.1, -0.05) is 83.0 Å². The molecule has 0 heterocycles. The summed E-state index contributed by atoms with van der Waals surface area (Å²) < 4.78 is 5.99. The average Bonchev–Trinajstić information content (AvgIpc) is 2.78. The molecule has 180 valence electrons. The first kappa shape index (κ1) is 26.7. The van der Waals surface area contributed by atoms with Gasteiger partial charge in [-0.05, 0) is 47.6 Å². The van der Waals surface area contributed by atoms with Crippen LogP contribution < -0.4 is 10.1 Å². The Bertz CT molecular complexity index is 906. The lowest BCUT2D eigenvalue weighted by molar-refractivity contribution is -0.143. The molecule has 5 nitrogen and oxygen atoms in total. The molecule has 0 aliphatic heterocycles. The molecule has 1 N–H and O–H groups in total. The van der Waals surface area contributed by atoms with E-state index in [9.17, 15) is 9.59 Å². The zero-order valence-electron chi connectivity index (χ0n) is 20.5. The van der Waals surface area contributed by atoms with Crippen molar-refractivity contribution in [1.82, 2.24) is 10.2 Å². The van der Waals surface area contributed by atoms with Crippen molar-refractivity contribution in [2.75, 3.05) is 13.2 Å². The van der Waals surface area contributed by atoms with Crippen molar-refractivity contribution in [3.8, 4) is 5.75 Å². The normalized spacial score (nSPS) is 12.2. The first-order chi connectivity index (χ1) is 15.7. The lowest BCUT2D eigenvalue weighted by Crippen LogP contribution is -2.50. The number of benzene rings is 2. The lowest BCUT2D eigenvalue weighted by Gasteiger charge is -2.31. The summed E-state index contributed by atoms with van der Waals surface area (Å²) in [5.74, 6) is 0.319. The molecule has 33 heavy (non-hydrogen) atoms. The van der Waals surface area contributed by atoms with Crippen molar-refractivity contribution in [1.29, 1.82) is 0 Å². The van der Waals surface area contributed by atoms with Gasteiger partial charge < -0.3 is 15.0 Å². The van der Waals surface area contributed by atoms with E-state index in [1.165, 1.54) is 0 Å². The third-order valence-electron chi connectivity index (χ3n) is 5.53. The maximum atomic E-state index is 13.4. The van der Waals surface area contributed by atoms with Crippen LogP contribution in [0.2, 0.25) is 5.02 Å². The smallest absolute Gasteiger partial charge is 0.261 e. The van der Waals surface area contributed by atoms with Crippen LogP contribution in [0.1, 0.15) is 65.0 Å². The van der Waals surface area contributed by atoms with Crippen molar-refractivity contribution in [3.05, 3.63) is 64.7 Å². The quantitative estimate of drug-likeness (QED) is 0.424. The third kappa shape index (κ3) is 8.08. The van der Waals surface area contributed by atoms with Crippen molar-refractivity contribution in [3.63, 3.8) is 0 Å². The van der Waals surface area contributed by atoms with E-state index in [0.29, 0.717) is 30.3 Å². The van der Waals surface area contributed by atoms with Crippen LogP contribution in [0.5, 0.6) is 5.75 Å². The van der Waals surface area contributed by atoms with Crippen LogP contribution in [0.4, 0.5) is 0 Å². The molecule has 2 amide bonds. The maximum absolute atomic E-state index is 13.4. The SMILES string of the molecule is CCCCNC(=O)[C@H](CC)N(Cc1ccc(Cl)cc1)C(=O)COc1ccccc1C(C)(C)C. The predicted octanol–water partition coefficient (Wildman–Crippen LogP) is 5.74. The molecule has 2 aromatic carbocycles. The number of carbonyl (C=O) groups is 2. The summed E-state index contributed by atoms with van der Waals surface area (Å²) in [6.07, 6.45) is 2.40. The van der Waals surface area contributed by atoms with Crippen molar-refractivity contribution < 1.29 is 14.3 Å². The van der Waals surface area contributed by atoms with Gasteiger partial charge in [0.05, 0.1) is 0 Å². The molecule has 0 aliphatic carbocycles. The molecule has 2 aromatic rings. The summed E-state index contributed by atoms with van der Waals surface area (Å²) in [5, 5.41) is 3.60. The van der Waals surface area contributed by atoms with Crippen LogP contribution in [-0.4, -0.2) is 35.9 Å². The molecule has 0 fully saturated rings. The molecule has 6 heteroatoms. The number of nitrogens with zero attached hydrogens (tertiary/aromatic N) is 1. The van der Waals surface area contributed by atoms with Gasteiger partial charge in [-0.3, -0.25) is 9.59 Å². The molecule has 0 radical (unpaired) electrons. The molecule has 0 saturated carbocycles. The minimum absolute atomic E-state index is 0.117. The molecule has 1 atom stereocenters. The number of unbranched alkanes of at least 4 members (excludes halogenated alkanes) is 1. The summed E-state index contributed by atoms with van der Waals surface area (Å²) in [7, 11) is 0. The topological polar surface area (TPSA) is 58.6 Å². The van der Waals surface area contributed by atoms with Crippen molar-refractivity contribution in [2.24, 2.45) is 0 Å². The largest absolute Gasteiger partial charge is 0.483 e. The van der Waals surface area contributed by atoms with Crippen LogP contribution in [0.3, 0.4) is 0 Å². The van der Waals surface area contributed by atoms with E-state index in [-0.39, 0.29) is 23.8 Å². The number of nitrogens with one attached hydrogen (secondary N) is 1. The minimum Gasteiger partial charge on any atom is -0.483 e. The van der Waals surface area contributed by atoms with E-state index < -0.39 is 6.04 Å². The van der Waals surface area contributed by atoms with Gasteiger partial charge in [-0.2, -0.15) is 0 Å². The van der Waals surface area contributed by atoms with Gasteiger partial charge in [0.15, 0.2) is 6.61 Å². The number of ether oxygens (including phenoxy) is 1. The fourth-order valence-electron chi connectivity index (χ4n) is 3.65. The van der Waals surface area contributed by atoms with Crippen LogP contribution in [0, 0.1) is 0 Å². The summed E-state index contributed by atoms with van der Waals surface area (Å²) in [6, 6.07) is 14.5. The van der Waals surface area contributed by atoms with Gasteiger partial charge in [0.25, 0.3) is 5.91 Å². The first-order valence-electron chi connectivity index (χ1n) is 11.7. The molecule has 0 unspecified atom stereocenters. The number of hydrogen-bond acceptors (Lipinski definition) is 3.